The second-order valence-corrected chi connectivity index (χ2v) is 5.43. The van der Waals surface area contributed by atoms with Crippen LogP contribution in [-0.4, -0.2) is 33.2 Å². The molecule has 2 heterocycles. The molecule has 1 N–H and O–H groups in total. The number of piperidine rings is 1. The third-order valence-corrected chi connectivity index (χ3v) is 3.78. The van der Waals surface area contributed by atoms with E-state index in [0.717, 1.165) is 12.8 Å². The Balaban J connectivity index is 2.36. The van der Waals surface area contributed by atoms with E-state index in [1.807, 2.05) is 13.8 Å². The van der Waals surface area contributed by atoms with E-state index in [0.29, 0.717) is 25.4 Å². The number of aliphatic carboxylic acids is 1. The standard InChI is InChI=1S/C14H21N3O3/c1-3-6-16-8-5-15-12(13(16)18)17-7-4-10(2)9-11(17)14(19)20/h5,8,10-11H,3-4,6-7,9H2,1-2H3,(H,19,20). The van der Waals surface area contributed by atoms with E-state index in [1.54, 1.807) is 21.9 Å². The van der Waals surface area contributed by atoms with Gasteiger partial charge in [-0.15, -0.1) is 0 Å². The molecule has 1 saturated heterocycles. The predicted octanol–water partition coefficient (Wildman–Crippen LogP) is 1.34. The number of aromatic nitrogens is 2. The molecule has 2 rings (SSSR count). The fourth-order valence-electron chi connectivity index (χ4n) is 2.68. The maximum Gasteiger partial charge on any atom is 0.326 e. The fourth-order valence-corrected chi connectivity index (χ4v) is 2.68. The van der Waals surface area contributed by atoms with Gasteiger partial charge in [0.05, 0.1) is 0 Å². The minimum absolute atomic E-state index is 0.199. The molecule has 0 bridgehead atoms. The average Bonchev–Trinajstić information content (AvgIpc) is 2.41. The van der Waals surface area contributed by atoms with Gasteiger partial charge in [0.25, 0.3) is 5.56 Å². The minimum Gasteiger partial charge on any atom is -0.480 e. The highest BCUT2D eigenvalue weighted by molar-refractivity contribution is 5.77. The smallest absolute Gasteiger partial charge is 0.326 e. The number of carboxylic acid groups (broad SMARTS) is 1. The van der Waals surface area contributed by atoms with E-state index in [2.05, 4.69) is 4.98 Å². The summed E-state index contributed by atoms with van der Waals surface area (Å²) in [5.41, 5.74) is -0.199. The van der Waals surface area contributed by atoms with Gasteiger partial charge in [0.15, 0.2) is 5.82 Å². The SMILES string of the molecule is CCCn1ccnc(N2CCC(C)CC2C(=O)O)c1=O. The topological polar surface area (TPSA) is 75.4 Å². The van der Waals surface area contributed by atoms with Crippen LogP contribution in [0.1, 0.15) is 33.1 Å². The molecule has 0 amide bonds. The van der Waals surface area contributed by atoms with Crippen molar-refractivity contribution in [2.24, 2.45) is 5.92 Å². The maximum atomic E-state index is 12.4. The molecular weight excluding hydrogens is 258 g/mol. The summed E-state index contributed by atoms with van der Waals surface area (Å²) in [4.78, 5) is 29.6. The highest BCUT2D eigenvalue weighted by Crippen LogP contribution is 2.25. The zero-order valence-corrected chi connectivity index (χ0v) is 12.0. The molecule has 1 aliphatic heterocycles. The lowest BCUT2D eigenvalue weighted by atomic mass is 9.92. The van der Waals surface area contributed by atoms with Crippen molar-refractivity contribution >= 4 is 11.8 Å². The van der Waals surface area contributed by atoms with Crippen LogP contribution in [0.25, 0.3) is 0 Å². The van der Waals surface area contributed by atoms with Gasteiger partial charge >= 0.3 is 5.97 Å². The fraction of sp³-hybridized carbons (Fsp3) is 0.643. The molecule has 2 unspecified atom stereocenters. The van der Waals surface area contributed by atoms with E-state index in [-0.39, 0.29) is 11.4 Å². The summed E-state index contributed by atoms with van der Waals surface area (Å²) in [6.07, 6.45) is 5.51. The van der Waals surface area contributed by atoms with Crippen LogP contribution in [0.2, 0.25) is 0 Å². The molecule has 110 valence electrons. The summed E-state index contributed by atoms with van der Waals surface area (Å²) in [5.74, 6) is -0.266. The normalized spacial score (nSPS) is 22.8. The predicted molar refractivity (Wildman–Crippen MR) is 76.0 cm³/mol. The lowest BCUT2D eigenvalue weighted by molar-refractivity contribution is -0.139. The first-order valence-electron chi connectivity index (χ1n) is 7.09. The summed E-state index contributed by atoms with van der Waals surface area (Å²) in [5, 5.41) is 9.37. The molecule has 0 saturated carbocycles. The van der Waals surface area contributed by atoms with Crippen LogP contribution < -0.4 is 10.5 Å². The number of carbonyl (C=O) groups is 1. The van der Waals surface area contributed by atoms with Crippen molar-refractivity contribution in [1.82, 2.24) is 9.55 Å². The van der Waals surface area contributed by atoms with E-state index < -0.39 is 12.0 Å². The van der Waals surface area contributed by atoms with Crippen molar-refractivity contribution in [2.45, 2.75) is 45.7 Å². The summed E-state index contributed by atoms with van der Waals surface area (Å²) in [6, 6.07) is -0.656. The van der Waals surface area contributed by atoms with Crippen LogP contribution in [0, 0.1) is 5.92 Å². The third-order valence-electron chi connectivity index (χ3n) is 3.78. The number of aryl methyl sites for hydroxylation is 1. The van der Waals surface area contributed by atoms with Gasteiger partial charge in [-0.05, 0) is 25.2 Å². The third kappa shape index (κ3) is 2.84. The molecular formula is C14H21N3O3. The van der Waals surface area contributed by atoms with Crippen LogP contribution in [0.3, 0.4) is 0 Å². The van der Waals surface area contributed by atoms with Gasteiger partial charge in [0.2, 0.25) is 0 Å². The molecule has 1 aliphatic rings. The Morgan fingerprint density at radius 2 is 2.30 bits per heavy atom. The van der Waals surface area contributed by atoms with Crippen molar-refractivity contribution < 1.29 is 9.90 Å². The second-order valence-electron chi connectivity index (χ2n) is 5.43. The van der Waals surface area contributed by atoms with Crippen LogP contribution in [0.15, 0.2) is 17.2 Å². The molecule has 0 aliphatic carbocycles. The van der Waals surface area contributed by atoms with E-state index in [1.165, 1.54) is 0 Å². The molecule has 1 aromatic heterocycles. The number of anilines is 1. The average molecular weight is 279 g/mol. The first-order chi connectivity index (χ1) is 9.54. The zero-order valence-electron chi connectivity index (χ0n) is 12.0. The van der Waals surface area contributed by atoms with Crippen LogP contribution in [0.5, 0.6) is 0 Å². The quantitative estimate of drug-likeness (QED) is 0.900. The molecule has 0 spiro atoms. The monoisotopic (exact) mass is 279 g/mol. The Labute approximate surface area is 118 Å². The number of hydrogen-bond donors (Lipinski definition) is 1. The zero-order chi connectivity index (χ0) is 14.7. The van der Waals surface area contributed by atoms with Crippen LogP contribution in [0.4, 0.5) is 5.82 Å². The van der Waals surface area contributed by atoms with Gasteiger partial charge < -0.3 is 14.6 Å². The van der Waals surface area contributed by atoms with Gasteiger partial charge in [-0.2, -0.15) is 0 Å². The molecule has 6 heteroatoms. The van der Waals surface area contributed by atoms with Crippen molar-refractivity contribution in [1.29, 1.82) is 0 Å². The lowest BCUT2D eigenvalue weighted by Gasteiger charge is -2.36. The molecule has 2 atom stereocenters. The number of nitrogens with zero attached hydrogens (tertiary/aromatic N) is 3. The van der Waals surface area contributed by atoms with E-state index in [9.17, 15) is 14.7 Å². The summed E-state index contributed by atoms with van der Waals surface area (Å²) < 4.78 is 1.60. The molecule has 0 aromatic carbocycles. The van der Waals surface area contributed by atoms with Crippen molar-refractivity contribution in [3.63, 3.8) is 0 Å². The molecule has 1 fully saturated rings. The summed E-state index contributed by atoms with van der Waals surface area (Å²) >= 11 is 0. The van der Waals surface area contributed by atoms with Crippen molar-refractivity contribution in [3.8, 4) is 0 Å². The Morgan fingerprint density at radius 1 is 1.55 bits per heavy atom. The Bertz CT molecular complexity index is 541. The Kier molecular flexibility index (Phi) is 4.42. The summed E-state index contributed by atoms with van der Waals surface area (Å²) in [7, 11) is 0. The Hall–Kier alpha value is -1.85. The highest BCUT2D eigenvalue weighted by atomic mass is 16.4. The second kappa shape index (κ2) is 6.07. The highest BCUT2D eigenvalue weighted by Gasteiger charge is 2.33. The molecule has 6 nitrogen and oxygen atoms in total. The number of carboxylic acids is 1. The van der Waals surface area contributed by atoms with E-state index >= 15 is 0 Å². The Morgan fingerprint density at radius 3 is 2.95 bits per heavy atom. The van der Waals surface area contributed by atoms with Gasteiger partial charge in [-0.3, -0.25) is 4.79 Å². The minimum atomic E-state index is -0.886. The van der Waals surface area contributed by atoms with Crippen molar-refractivity contribution in [2.75, 3.05) is 11.4 Å². The maximum absolute atomic E-state index is 12.4. The van der Waals surface area contributed by atoms with Crippen LogP contribution >= 0.6 is 0 Å². The molecule has 1 aromatic rings. The van der Waals surface area contributed by atoms with Crippen molar-refractivity contribution in [3.05, 3.63) is 22.7 Å². The lowest BCUT2D eigenvalue weighted by Crippen LogP contribution is -2.49. The van der Waals surface area contributed by atoms with Gasteiger partial charge in [-0.1, -0.05) is 13.8 Å². The largest absolute Gasteiger partial charge is 0.480 e. The molecule has 0 radical (unpaired) electrons. The van der Waals surface area contributed by atoms with E-state index in [4.69, 9.17) is 0 Å². The first-order valence-corrected chi connectivity index (χ1v) is 7.09. The van der Waals surface area contributed by atoms with Gasteiger partial charge in [0, 0.05) is 25.5 Å². The summed E-state index contributed by atoms with van der Waals surface area (Å²) in [6.45, 7) is 5.23. The van der Waals surface area contributed by atoms with Gasteiger partial charge in [0.1, 0.15) is 6.04 Å². The number of hydrogen-bond acceptors (Lipinski definition) is 4. The molecule has 20 heavy (non-hydrogen) atoms. The number of rotatable bonds is 4. The van der Waals surface area contributed by atoms with Gasteiger partial charge in [-0.25, -0.2) is 9.78 Å². The first kappa shape index (κ1) is 14.6. The van der Waals surface area contributed by atoms with Crippen LogP contribution in [-0.2, 0) is 11.3 Å².